The molecule has 0 saturated heterocycles. The molecular formula is C11H12ClNOS. The molecule has 0 aliphatic heterocycles. The zero-order valence-corrected chi connectivity index (χ0v) is 10.1. The van der Waals surface area contributed by atoms with Gasteiger partial charge in [-0.05, 0) is 24.9 Å². The van der Waals surface area contributed by atoms with E-state index in [9.17, 15) is 4.21 Å². The van der Waals surface area contributed by atoms with E-state index in [4.69, 9.17) is 11.6 Å². The maximum atomic E-state index is 11.6. The predicted molar refractivity (Wildman–Crippen MR) is 67.5 cm³/mol. The Morgan fingerprint density at radius 1 is 1.60 bits per heavy atom. The van der Waals surface area contributed by atoms with Gasteiger partial charge in [0.2, 0.25) is 0 Å². The molecule has 4 heteroatoms. The molecule has 0 bridgehead atoms. The lowest BCUT2D eigenvalue weighted by Gasteiger charge is -2.06. The van der Waals surface area contributed by atoms with Crippen molar-refractivity contribution in [1.82, 2.24) is 0 Å². The molecular weight excluding hydrogens is 230 g/mol. The number of aliphatic imine (C=N–C) groups is 1. The summed E-state index contributed by atoms with van der Waals surface area (Å²) in [6, 6.07) is 5.27. The topological polar surface area (TPSA) is 29.4 Å². The van der Waals surface area contributed by atoms with E-state index in [0.717, 1.165) is 4.90 Å². The van der Waals surface area contributed by atoms with Crippen LogP contribution in [0.4, 0.5) is 5.69 Å². The molecule has 0 aliphatic carbocycles. The van der Waals surface area contributed by atoms with E-state index < -0.39 is 10.8 Å². The predicted octanol–water partition coefficient (Wildman–Crippen LogP) is 3.36. The van der Waals surface area contributed by atoms with Gasteiger partial charge in [0.25, 0.3) is 0 Å². The van der Waals surface area contributed by atoms with Crippen molar-refractivity contribution in [1.29, 1.82) is 0 Å². The number of halogens is 1. The van der Waals surface area contributed by atoms with Crippen molar-refractivity contribution in [3.8, 4) is 0 Å². The van der Waals surface area contributed by atoms with Crippen LogP contribution in [0.2, 0.25) is 0 Å². The van der Waals surface area contributed by atoms with Gasteiger partial charge in [-0.15, -0.1) is 0 Å². The summed E-state index contributed by atoms with van der Waals surface area (Å²) < 4.78 is 11.6. The molecule has 1 unspecified atom stereocenters. The molecule has 0 saturated carbocycles. The molecule has 2 nitrogen and oxygen atoms in total. The van der Waals surface area contributed by atoms with Crippen LogP contribution in [-0.4, -0.2) is 16.7 Å². The van der Waals surface area contributed by atoms with Gasteiger partial charge in [-0.2, -0.15) is 0 Å². The van der Waals surface area contributed by atoms with Gasteiger partial charge < -0.3 is 0 Å². The fourth-order valence-corrected chi connectivity index (χ4v) is 2.13. The van der Waals surface area contributed by atoms with Gasteiger partial charge in [0, 0.05) is 21.2 Å². The molecule has 1 atom stereocenters. The van der Waals surface area contributed by atoms with Crippen molar-refractivity contribution in [3.05, 3.63) is 30.3 Å². The molecule has 0 aliphatic rings. The first kappa shape index (κ1) is 12.1. The zero-order valence-electron chi connectivity index (χ0n) is 8.50. The maximum absolute atomic E-state index is 11.6. The summed E-state index contributed by atoms with van der Waals surface area (Å²) in [5.41, 5.74) is 1.35. The first-order valence-electron chi connectivity index (χ1n) is 4.44. The molecule has 80 valence electrons. The second-order valence-corrected chi connectivity index (χ2v) is 5.07. The lowest BCUT2D eigenvalue weighted by Crippen LogP contribution is -1.94. The molecule has 0 fully saturated rings. The summed E-state index contributed by atoms with van der Waals surface area (Å²) in [5.74, 6) is 0.578. The van der Waals surface area contributed by atoms with Gasteiger partial charge >= 0.3 is 0 Å². The Kier molecular flexibility index (Phi) is 4.24. The van der Waals surface area contributed by atoms with Gasteiger partial charge in [0.05, 0.1) is 16.5 Å². The standard InChI is InChI=1S/C11H12ClNOS/c1-4-15(14)9-5-6-11(13-3)10(7-9)8(2)12/h5-7H,2-4H2,1H3. The summed E-state index contributed by atoms with van der Waals surface area (Å²) in [4.78, 5) is 4.56. The highest BCUT2D eigenvalue weighted by molar-refractivity contribution is 7.85. The van der Waals surface area contributed by atoms with Crippen LogP contribution in [0.15, 0.2) is 34.7 Å². The second kappa shape index (κ2) is 5.24. The number of hydrogen-bond acceptors (Lipinski definition) is 2. The summed E-state index contributed by atoms with van der Waals surface area (Å²) >= 11 is 5.83. The molecule has 1 rings (SSSR count). The number of hydrogen-bond donors (Lipinski definition) is 0. The first-order valence-corrected chi connectivity index (χ1v) is 6.13. The van der Waals surface area contributed by atoms with Crippen LogP contribution in [-0.2, 0) is 10.8 Å². The Bertz CT molecular complexity index is 429. The van der Waals surface area contributed by atoms with Crippen LogP contribution in [0, 0.1) is 0 Å². The molecule has 0 amide bonds. The van der Waals surface area contributed by atoms with Crippen LogP contribution in [0.3, 0.4) is 0 Å². The summed E-state index contributed by atoms with van der Waals surface area (Å²) in [6.07, 6.45) is 0. The van der Waals surface area contributed by atoms with Crippen LogP contribution < -0.4 is 0 Å². The average molecular weight is 242 g/mol. The highest BCUT2D eigenvalue weighted by Gasteiger charge is 2.07. The monoisotopic (exact) mass is 241 g/mol. The Morgan fingerprint density at radius 2 is 2.27 bits per heavy atom. The van der Waals surface area contributed by atoms with Crippen LogP contribution in [0.25, 0.3) is 5.03 Å². The first-order chi connectivity index (χ1) is 7.10. The molecule has 0 heterocycles. The molecule has 1 aromatic rings. The van der Waals surface area contributed by atoms with Crippen LogP contribution in [0.1, 0.15) is 12.5 Å². The molecule has 0 N–H and O–H groups in total. The van der Waals surface area contributed by atoms with E-state index in [1.807, 2.05) is 6.92 Å². The minimum absolute atomic E-state index is 0.382. The van der Waals surface area contributed by atoms with Gasteiger partial charge in [0.15, 0.2) is 0 Å². The second-order valence-electron chi connectivity index (χ2n) is 2.88. The van der Waals surface area contributed by atoms with Gasteiger partial charge in [-0.1, -0.05) is 25.1 Å². The summed E-state index contributed by atoms with van der Waals surface area (Å²) in [5, 5.41) is 0.382. The van der Waals surface area contributed by atoms with E-state index in [-0.39, 0.29) is 0 Å². The SMILES string of the molecule is C=Nc1ccc(S(=O)CC)cc1C(=C)Cl. The van der Waals surface area contributed by atoms with E-state index in [1.165, 1.54) is 0 Å². The van der Waals surface area contributed by atoms with Crippen molar-refractivity contribution in [2.45, 2.75) is 11.8 Å². The van der Waals surface area contributed by atoms with Crippen molar-refractivity contribution >= 4 is 39.8 Å². The fraction of sp³-hybridized carbons (Fsp3) is 0.182. The fourth-order valence-electron chi connectivity index (χ4n) is 1.18. The molecule has 1 aromatic carbocycles. The normalized spacial score (nSPS) is 12.1. The highest BCUT2D eigenvalue weighted by Crippen LogP contribution is 2.29. The van der Waals surface area contributed by atoms with Crippen LogP contribution >= 0.6 is 11.6 Å². The number of benzene rings is 1. The third-order valence-corrected chi connectivity index (χ3v) is 3.46. The van der Waals surface area contributed by atoms with Crippen molar-refractivity contribution in [2.75, 3.05) is 5.75 Å². The van der Waals surface area contributed by atoms with Crippen molar-refractivity contribution in [3.63, 3.8) is 0 Å². The van der Waals surface area contributed by atoms with Crippen molar-refractivity contribution in [2.24, 2.45) is 4.99 Å². The Labute approximate surface area is 97.1 Å². The largest absolute Gasteiger partial charge is 0.264 e. The van der Waals surface area contributed by atoms with Gasteiger partial charge in [-0.3, -0.25) is 9.20 Å². The summed E-state index contributed by atoms with van der Waals surface area (Å²) in [7, 11) is -0.989. The summed E-state index contributed by atoms with van der Waals surface area (Å²) in [6.45, 7) is 8.95. The molecule has 0 radical (unpaired) electrons. The third kappa shape index (κ3) is 2.76. The quantitative estimate of drug-likeness (QED) is 0.744. The Morgan fingerprint density at radius 3 is 2.73 bits per heavy atom. The van der Waals surface area contributed by atoms with Gasteiger partial charge in [0.1, 0.15) is 0 Å². The maximum Gasteiger partial charge on any atom is 0.0710 e. The van der Waals surface area contributed by atoms with E-state index in [0.29, 0.717) is 22.0 Å². The van der Waals surface area contributed by atoms with Crippen LogP contribution in [0.5, 0.6) is 0 Å². The minimum Gasteiger partial charge on any atom is -0.264 e. The minimum atomic E-state index is -0.989. The van der Waals surface area contributed by atoms with E-state index >= 15 is 0 Å². The van der Waals surface area contributed by atoms with Crippen molar-refractivity contribution < 1.29 is 4.21 Å². The molecule has 15 heavy (non-hydrogen) atoms. The highest BCUT2D eigenvalue weighted by atomic mass is 35.5. The Hall–Kier alpha value is -0.930. The lowest BCUT2D eigenvalue weighted by atomic mass is 10.2. The lowest BCUT2D eigenvalue weighted by molar-refractivity contribution is 0.684. The van der Waals surface area contributed by atoms with E-state index in [2.05, 4.69) is 18.3 Å². The molecule has 0 aromatic heterocycles. The smallest absolute Gasteiger partial charge is 0.0710 e. The molecule has 0 spiro atoms. The van der Waals surface area contributed by atoms with Gasteiger partial charge in [-0.25, -0.2) is 0 Å². The third-order valence-electron chi connectivity index (χ3n) is 1.96. The number of nitrogens with zero attached hydrogens (tertiary/aromatic N) is 1. The number of rotatable bonds is 4. The zero-order chi connectivity index (χ0) is 11.4. The average Bonchev–Trinajstić information content (AvgIpc) is 2.27. The van der Waals surface area contributed by atoms with E-state index in [1.54, 1.807) is 18.2 Å². The Balaban J connectivity index is 3.27.